The number of urea groups is 1. The van der Waals surface area contributed by atoms with Gasteiger partial charge in [-0.25, -0.2) is 4.79 Å². The van der Waals surface area contributed by atoms with Gasteiger partial charge in [0, 0.05) is 12.1 Å². The predicted molar refractivity (Wildman–Crippen MR) is 75.0 cm³/mol. The SMILES string of the molecule is CCCCN1C(=O)NC(=Cc2ccc(C=O)cc2)C1=O. The van der Waals surface area contributed by atoms with Crippen molar-refractivity contribution in [1.82, 2.24) is 10.2 Å². The molecule has 1 aliphatic heterocycles. The third-order valence-electron chi connectivity index (χ3n) is 3.08. The molecule has 5 heteroatoms. The van der Waals surface area contributed by atoms with Crippen LogP contribution in [0.2, 0.25) is 0 Å². The first-order valence-electron chi connectivity index (χ1n) is 6.55. The molecule has 1 aromatic carbocycles. The van der Waals surface area contributed by atoms with E-state index in [-0.39, 0.29) is 17.6 Å². The number of nitrogens with one attached hydrogen (secondary N) is 1. The van der Waals surface area contributed by atoms with Gasteiger partial charge in [-0.3, -0.25) is 14.5 Å². The Bertz CT molecular complexity index is 561. The average molecular weight is 272 g/mol. The van der Waals surface area contributed by atoms with Gasteiger partial charge in [-0.1, -0.05) is 37.6 Å². The number of unbranched alkanes of at least 4 members (excludes halogenated alkanes) is 1. The van der Waals surface area contributed by atoms with Gasteiger partial charge < -0.3 is 5.32 Å². The van der Waals surface area contributed by atoms with Crippen LogP contribution < -0.4 is 5.32 Å². The van der Waals surface area contributed by atoms with Gasteiger partial charge in [0.05, 0.1) is 0 Å². The van der Waals surface area contributed by atoms with Gasteiger partial charge in [0.15, 0.2) is 0 Å². The topological polar surface area (TPSA) is 66.5 Å². The Morgan fingerprint density at radius 2 is 1.80 bits per heavy atom. The number of rotatable bonds is 5. The van der Waals surface area contributed by atoms with Gasteiger partial charge in [0.2, 0.25) is 0 Å². The van der Waals surface area contributed by atoms with Gasteiger partial charge >= 0.3 is 6.03 Å². The molecule has 0 aromatic heterocycles. The van der Waals surface area contributed by atoms with E-state index in [4.69, 9.17) is 0 Å². The summed E-state index contributed by atoms with van der Waals surface area (Å²) < 4.78 is 0. The zero-order chi connectivity index (χ0) is 14.5. The average Bonchev–Trinajstić information content (AvgIpc) is 2.72. The van der Waals surface area contributed by atoms with Crippen molar-refractivity contribution in [2.24, 2.45) is 0 Å². The van der Waals surface area contributed by atoms with E-state index in [9.17, 15) is 14.4 Å². The lowest BCUT2D eigenvalue weighted by molar-refractivity contribution is -0.122. The fourth-order valence-electron chi connectivity index (χ4n) is 1.93. The first-order valence-corrected chi connectivity index (χ1v) is 6.55. The van der Waals surface area contributed by atoms with Crippen LogP contribution in [0, 0.1) is 0 Å². The Labute approximate surface area is 117 Å². The van der Waals surface area contributed by atoms with Crippen LogP contribution in [0.25, 0.3) is 6.08 Å². The van der Waals surface area contributed by atoms with E-state index >= 15 is 0 Å². The summed E-state index contributed by atoms with van der Waals surface area (Å²) in [6.07, 6.45) is 4.08. The monoisotopic (exact) mass is 272 g/mol. The molecule has 0 unspecified atom stereocenters. The van der Waals surface area contributed by atoms with E-state index in [0.717, 1.165) is 24.7 Å². The molecule has 1 N–H and O–H groups in total. The summed E-state index contributed by atoms with van der Waals surface area (Å²) in [6.45, 7) is 2.44. The van der Waals surface area contributed by atoms with E-state index in [1.807, 2.05) is 6.92 Å². The first-order chi connectivity index (χ1) is 9.65. The summed E-state index contributed by atoms with van der Waals surface area (Å²) in [7, 11) is 0. The summed E-state index contributed by atoms with van der Waals surface area (Å²) >= 11 is 0. The maximum absolute atomic E-state index is 12.1. The van der Waals surface area contributed by atoms with Gasteiger partial charge in [0.25, 0.3) is 5.91 Å². The quantitative estimate of drug-likeness (QED) is 0.507. The molecule has 0 saturated carbocycles. The number of aldehydes is 1. The number of nitrogens with zero attached hydrogens (tertiary/aromatic N) is 1. The van der Waals surface area contributed by atoms with Crippen molar-refractivity contribution in [2.45, 2.75) is 19.8 Å². The largest absolute Gasteiger partial charge is 0.329 e. The zero-order valence-corrected chi connectivity index (χ0v) is 11.3. The highest BCUT2D eigenvalue weighted by Gasteiger charge is 2.32. The van der Waals surface area contributed by atoms with Crippen LogP contribution >= 0.6 is 0 Å². The summed E-state index contributed by atoms with van der Waals surface area (Å²) in [4.78, 5) is 35.6. The number of benzene rings is 1. The van der Waals surface area contributed by atoms with Gasteiger partial charge in [0.1, 0.15) is 12.0 Å². The molecule has 1 aromatic rings. The minimum absolute atomic E-state index is 0.268. The first kappa shape index (κ1) is 14.0. The fourth-order valence-corrected chi connectivity index (χ4v) is 1.93. The molecule has 20 heavy (non-hydrogen) atoms. The van der Waals surface area contributed by atoms with E-state index in [1.165, 1.54) is 4.90 Å². The van der Waals surface area contributed by atoms with Crippen molar-refractivity contribution in [1.29, 1.82) is 0 Å². The summed E-state index contributed by atoms with van der Waals surface area (Å²) in [5.74, 6) is -0.303. The van der Waals surface area contributed by atoms with Crippen LogP contribution in [0.15, 0.2) is 30.0 Å². The van der Waals surface area contributed by atoms with E-state index in [1.54, 1.807) is 30.3 Å². The van der Waals surface area contributed by atoms with Crippen molar-refractivity contribution < 1.29 is 14.4 Å². The van der Waals surface area contributed by atoms with Gasteiger partial charge in [-0.05, 0) is 18.1 Å². The molecule has 0 atom stereocenters. The maximum atomic E-state index is 12.1. The van der Waals surface area contributed by atoms with Crippen molar-refractivity contribution in [3.05, 3.63) is 41.1 Å². The molecule has 104 valence electrons. The number of imide groups is 1. The standard InChI is InChI=1S/C15H16N2O3/c1-2-3-8-17-14(19)13(16-15(17)20)9-11-4-6-12(10-18)7-5-11/h4-7,9-10H,2-3,8H2,1H3,(H,16,20). The van der Waals surface area contributed by atoms with Crippen LogP contribution in [0.1, 0.15) is 35.7 Å². The lowest BCUT2D eigenvalue weighted by Crippen LogP contribution is -2.31. The molecular weight excluding hydrogens is 256 g/mol. The Morgan fingerprint density at radius 1 is 1.15 bits per heavy atom. The molecule has 1 heterocycles. The van der Waals surface area contributed by atoms with E-state index in [0.29, 0.717) is 12.1 Å². The predicted octanol–water partition coefficient (Wildman–Crippen LogP) is 2.19. The Morgan fingerprint density at radius 3 is 2.40 bits per heavy atom. The van der Waals surface area contributed by atoms with Crippen LogP contribution in [-0.2, 0) is 4.79 Å². The van der Waals surface area contributed by atoms with Crippen LogP contribution in [0.3, 0.4) is 0 Å². The van der Waals surface area contributed by atoms with Crippen LogP contribution in [-0.4, -0.2) is 29.7 Å². The smallest absolute Gasteiger partial charge is 0.303 e. The minimum Gasteiger partial charge on any atom is -0.303 e. The van der Waals surface area contributed by atoms with Crippen LogP contribution in [0.4, 0.5) is 4.79 Å². The second kappa shape index (κ2) is 6.14. The number of carbonyl (C=O) groups excluding carboxylic acids is 3. The molecule has 1 fully saturated rings. The molecule has 3 amide bonds. The molecule has 0 radical (unpaired) electrons. The second-order valence-corrected chi connectivity index (χ2v) is 4.58. The van der Waals surface area contributed by atoms with Gasteiger partial charge in [-0.15, -0.1) is 0 Å². The highest BCUT2D eigenvalue weighted by molar-refractivity contribution is 6.13. The second-order valence-electron chi connectivity index (χ2n) is 4.58. The Balaban J connectivity index is 2.16. The summed E-state index contributed by atoms with van der Waals surface area (Å²) in [6, 6.07) is 6.40. The molecule has 0 bridgehead atoms. The zero-order valence-electron chi connectivity index (χ0n) is 11.3. The number of amides is 3. The number of hydrogen-bond acceptors (Lipinski definition) is 3. The molecule has 1 aliphatic rings. The highest BCUT2D eigenvalue weighted by atomic mass is 16.2. The van der Waals surface area contributed by atoms with E-state index in [2.05, 4.69) is 5.32 Å². The highest BCUT2D eigenvalue weighted by Crippen LogP contribution is 2.15. The lowest BCUT2D eigenvalue weighted by Gasteiger charge is -2.09. The number of hydrogen-bond donors (Lipinski definition) is 1. The summed E-state index contributed by atoms with van der Waals surface area (Å²) in [5, 5.41) is 2.57. The van der Waals surface area contributed by atoms with Crippen molar-refractivity contribution in [3.8, 4) is 0 Å². The Kier molecular flexibility index (Phi) is 4.30. The molecule has 1 saturated heterocycles. The maximum Gasteiger partial charge on any atom is 0.329 e. The van der Waals surface area contributed by atoms with Crippen molar-refractivity contribution in [3.63, 3.8) is 0 Å². The van der Waals surface area contributed by atoms with Gasteiger partial charge in [-0.2, -0.15) is 0 Å². The third kappa shape index (κ3) is 2.93. The molecule has 2 rings (SSSR count). The Hall–Kier alpha value is -2.43. The normalized spacial score (nSPS) is 16.6. The summed E-state index contributed by atoms with van der Waals surface area (Å²) in [5.41, 5.74) is 1.60. The fraction of sp³-hybridized carbons (Fsp3) is 0.267. The minimum atomic E-state index is -0.376. The van der Waals surface area contributed by atoms with Crippen molar-refractivity contribution in [2.75, 3.05) is 6.54 Å². The van der Waals surface area contributed by atoms with Crippen LogP contribution in [0.5, 0.6) is 0 Å². The molecule has 0 aliphatic carbocycles. The van der Waals surface area contributed by atoms with Crippen molar-refractivity contribution >= 4 is 24.3 Å². The number of carbonyl (C=O) groups is 3. The van der Waals surface area contributed by atoms with E-state index < -0.39 is 0 Å². The third-order valence-corrected chi connectivity index (χ3v) is 3.08. The molecule has 0 spiro atoms. The lowest BCUT2D eigenvalue weighted by atomic mass is 10.1. The molecular formula is C15H16N2O3. The molecule has 5 nitrogen and oxygen atoms in total.